The average molecular weight is 403 g/mol. The van der Waals surface area contributed by atoms with E-state index in [1.54, 1.807) is 6.92 Å². The van der Waals surface area contributed by atoms with Crippen molar-refractivity contribution in [3.8, 4) is 0 Å². The van der Waals surface area contributed by atoms with Crippen molar-refractivity contribution in [1.29, 1.82) is 0 Å². The topological polar surface area (TPSA) is 138 Å². The van der Waals surface area contributed by atoms with Crippen molar-refractivity contribution in [2.75, 3.05) is 5.32 Å². The van der Waals surface area contributed by atoms with Gasteiger partial charge in [0.25, 0.3) is 23.6 Å². The van der Waals surface area contributed by atoms with Crippen LogP contribution in [0.3, 0.4) is 0 Å². The summed E-state index contributed by atoms with van der Waals surface area (Å²) in [6.45, 7) is 1.77. The minimum Gasteiger partial charge on any atom is -0.364 e. The van der Waals surface area contributed by atoms with Gasteiger partial charge in [-0.1, -0.05) is 30.3 Å². The number of H-pyrrole nitrogens is 1. The summed E-state index contributed by atoms with van der Waals surface area (Å²) in [6, 6.07) is 13.4. The average Bonchev–Trinajstić information content (AvgIpc) is 3.21. The first-order chi connectivity index (χ1) is 14.4. The summed E-state index contributed by atoms with van der Waals surface area (Å²) in [5.41, 5.74) is 7.17. The number of carbonyl (C=O) groups is 4. The van der Waals surface area contributed by atoms with Crippen molar-refractivity contribution >= 4 is 29.3 Å². The zero-order valence-corrected chi connectivity index (χ0v) is 15.9. The van der Waals surface area contributed by atoms with Crippen molar-refractivity contribution < 1.29 is 19.2 Å². The lowest BCUT2D eigenvalue weighted by molar-refractivity contribution is 0.0642. The number of primary amides is 1. The number of nitrogens with one attached hydrogen (secondary N) is 2. The highest BCUT2D eigenvalue weighted by Crippen LogP contribution is 2.26. The van der Waals surface area contributed by atoms with Crippen LogP contribution in [0.25, 0.3) is 0 Å². The minimum atomic E-state index is -0.791. The fraction of sp³-hybridized carbons (Fsp3) is 0.0952. The number of imide groups is 1. The second-order valence-corrected chi connectivity index (χ2v) is 6.83. The van der Waals surface area contributed by atoms with Crippen molar-refractivity contribution in [2.45, 2.75) is 13.5 Å². The first-order valence-corrected chi connectivity index (χ1v) is 9.07. The largest absolute Gasteiger partial charge is 0.364 e. The summed E-state index contributed by atoms with van der Waals surface area (Å²) in [6.07, 6.45) is 0. The summed E-state index contributed by atoms with van der Waals surface area (Å²) in [4.78, 5) is 50.8. The molecule has 4 amide bonds. The molecule has 0 radical (unpaired) electrons. The lowest BCUT2D eigenvalue weighted by Crippen LogP contribution is -2.29. The van der Waals surface area contributed by atoms with E-state index < -0.39 is 23.6 Å². The van der Waals surface area contributed by atoms with Gasteiger partial charge in [0.15, 0.2) is 5.69 Å². The Morgan fingerprint density at radius 1 is 1.07 bits per heavy atom. The summed E-state index contributed by atoms with van der Waals surface area (Å²) < 4.78 is 0. The number of amides is 4. The zero-order chi connectivity index (χ0) is 21.4. The van der Waals surface area contributed by atoms with E-state index in [-0.39, 0.29) is 34.6 Å². The molecule has 4 rings (SSSR count). The lowest BCUT2D eigenvalue weighted by Gasteiger charge is -2.13. The fourth-order valence-corrected chi connectivity index (χ4v) is 3.29. The molecule has 0 bridgehead atoms. The van der Waals surface area contributed by atoms with E-state index in [2.05, 4.69) is 15.5 Å². The number of benzene rings is 2. The zero-order valence-electron chi connectivity index (χ0n) is 15.9. The first-order valence-electron chi connectivity index (χ1n) is 9.07. The van der Waals surface area contributed by atoms with E-state index in [1.165, 1.54) is 18.2 Å². The Kier molecular flexibility index (Phi) is 4.63. The van der Waals surface area contributed by atoms with E-state index in [4.69, 9.17) is 5.73 Å². The van der Waals surface area contributed by atoms with Gasteiger partial charge in [0.05, 0.1) is 29.1 Å². The molecule has 30 heavy (non-hydrogen) atoms. The number of fused-ring (bicyclic) bond motifs is 1. The maximum absolute atomic E-state index is 12.8. The quantitative estimate of drug-likeness (QED) is 0.558. The third kappa shape index (κ3) is 3.22. The maximum atomic E-state index is 12.8. The number of aryl methyl sites for hydroxylation is 1. The van der Waals surface area contributed by atoms with E-state index in [0.29, 0.717) is 5.69 Å². The molecule has 0 fully saturated rings. The van der Waals surface area contributed by atoms with Gasteiger partial charge in [0.1, 0.15) is 0 Å². The summed E-state index contributed by atoms with van der Waals surface area (Å²) >= 11 is 0. The first kappa shape index (κ1) is 19.1. The number of nitrogens with zero attached hydrogens (tertiary/aromatic N) is 2. The third-order valence-electron chi connectivity index (χ3n) is 4.84. The van der Waals surface area contributed by atoms with Crippen LogP contribution in [-0.2, 0) is 6.54 Å². The van der Waals surface area contributed by atoms with Crippen molar-refractivity contribution in [1.82, 2.24) is 15.1 Å². The molecule has 1 aliphatic rings. The molecule has 1 aromatic heterocycles. The van der Waals surface area contributed by atoms with E-state index in [0.717, 1.165) is 10.5 Å². The SMILES string of the molecule is Cc1[nH]nc(C(N)=O)c1NC(=O)c1ccc2c(c1)C(=O)N(Cc1ccccc1)C2=O. The molecule has 0 saturated carbocycles. The summed E-state index contributed by atoms with van der Waals surface area (Å²) in [5.74, 6) is -2.23. The highest BCUT2D eigenvalue weighted by Gasteiger charge is 2.36. The predicted molar refractivity (Wildman–Crippen MR) is 107 cm³/mol. The summed E-state index contributed by atoms with van der Waals surface area (Å²) in [5, 5.41) is 8.94. The molecule has 2 heterocycles. The number of aromatic nitrogens is 2. The van der Waals surface area contributed by atoms with Crippen LogP contribution < -0.4 is 11.1 Å². The molecule has 150 valence electrons. The molecule has 9 nitrogen and oxygen atoms in total. The Morgan fingerprint density at radius 3 is 2.47 bits per heavy atom. The standard InChI is InChI=1S/C21H17N5O4/c1-11-16(17(18(22)27)25-24-11)23-19(28)13-7-8-14-15(9-13)21(30)26(20(14)29)10-12-5-3-2-4-6-12/h2-9H,10H2,1H3,(H2,22,27)(H,23,28)(H,24,25). The van der Waals surface area contributed by atoms with Gasteiger partial charge in [0, 0.05) is 5.56 Å². The van der Waals surface area contributed by atoms with Crippen LogP contribution in [0.1, 0.15) is 52.8 Å². The molecule has 0 saturated heterocycles. The highest BCUT2D eigenvalue weighted by molar-refractivity contribution is 6.22. The molecule has 0 unspecified atom stereocenters. The van der Waals surface area contributed by atoms with Crippen LogP contribution in [0.15, 0.2) is 48.5 Å². The summed E-state index contributed by atoms with van der Waals surface area (Å²) in [7, 11) is 0. The molecular formula is C21H17N5O4. The number of hydrogen-bond donors (Lipinski definition) is 3. The number of rotatable bonds is 5. The monoisotopic (exact) mass is 403 g/mol. The third-order valence-corrected chi connectivity index (χ3v) is 4.84. The predicted octanol–water partition coefficient (Wildman–Crippen LogP) is 1.87. The van der Waals surface area contributed by atoms with Gasteiger partial charge in [0.2, 0.25) is 0 Å². The number of aromatic amines is 1. The van der Waals surface area contributed by atoms with Crippen molar-refractivity contribution in [2.24, 2.45) is 5.73 Å². The molecule has 0 aliphatic carbocycles. The molecule has 1 aliphatic heterocycles. The second-order valence-electron chi connectivity index (χ2n) is 6.83. The molecule has 2 aromatic carbocycles. The van der Waals surface area contributed by atoms with Gasteiger partial charge in [-0.15, -0.1) is 0 Å². The minimum absolute atomic E-state index is 0.0951. The van der Waals surface area contributed by atoms with E-state index >= 15 is 0 Å². The molecule has 3 aromatic rings. The molecule has 4 N–H and O–H groups in total. The highest BCUT2D eigenvalue weighted by atomic mass is 16.2. The normalized spacial score (nSPS) is 12.8. The maximum Gasteiger partial charge on any atom is 0.271 e. The Morgan fingerprint density at radius 2 is 1.77 bits per heavy atom. The smallest absolute Gasteiger partial charge is 0.271 e. The van der Waals surface area contributed by atoms with E-state index in [1.807, 2.05) is 30.3 Å². The number of carbonyl (C=O) groups excluding carboxylic acids is 4. The van der Waals surface area contributed by atoms with Crippen molar-refractivity contribution in [3.63, 3.8) is 0 Å². The van der Waals surface area contributed by atoms with Crippen LogP contribution in [0.2, 0.25) is 0 Å². The van der Waals surface area contributed by atoms with Gasteiger partial charge in [-0.25, -0.2) is 0 Å². The molecule has 0 spiro atoms. The Labute approximate surface area is 170 Å². The molecule has 9 heteroatoms. The van der Waals surface area contributed by atoms with Crippen molar-refractivity contribution in [3.05, 3.63) is 82.2 Å². The number of hydrogen-bond acceptors (Lipinski definition) is 5. The van der Waals surface area contributed by atoms with Crippen LogP contribution in [-0.4, -0.2) is 38.7 Å². The number of nitrogens with two attached hydrogens (primary N) is 1. The fourth-order valence-electron chi connectivity index (χ4n) is 3.29. The van der Waals surface area contributed by atoms with Gasteiger partial charge >= 0.3 is 0 Å². The Balaban J connectivity index is 1.59. The van der Waals surface area contributed by atoms with Crippen LogP contribution in [0.4, 0.5) is 5.69 Å². The Bertz CT molecular complexity index is 1200. The second kappa shape index (κ2) is 7.28. The molecular weight excluding hydrogens is 386 g/mol. The van der Waals surface area contributed by atoms with Gasteiger partial charge in [-0.05, 0) is 30.7 Å². The van der Waals surface area contributed by atoms with Crippen LogP contribution in [0, 0.1) is 6.92 Å². The van der Waals surface area contributed by atoms with Crippen LogP contribution >= 0.6 is 0 Å². The van der Waals surface area contributed by atoms with E-state index in [9.17, 15) is 19.2 Å². The molecule has 0 atom stereocenters. The lowest BCUT2D eigenvalue weighted by atomic mass is 10.1. The number of anilines is 1. The van der Waals surface area contributed by atoms with Gasteiger partial charge < -0.3 is 11.1 Å². The van der Waals surface area contributed by atoms with Crippen LogP contribution in [0.5, 0.6) is 0 Å². The van der Waals surface area contributed by atoms with Gasteiger partial charge in [-0.3, -0.25) is 29.2 Å². The Hall–Kier alpha value is -4.27. The van der Waals surface area contributed by atoms with Gasteiger partial charge in [-0.2, -0.15) is 5.10 Å².